The fraction of sp³-hybridized carbons (Fsp3) is 1.00. The van der Waals surface area contributed by atoms with Crippen molar-refractivity contribution < 1.29 is 13.5 Å². The van der Waals surface area contributed by atoms with Gasteiger partial charge in [-0.1, -0.05) is 6.92 Å². The fourth-order valence-electron chi connectivity index (χ4n) is 2.56. The molecule has 4 heteroatoms. The highest BCUT2D eigenvalue weighted by atomic mass is 19.3. The van der Waals surface area contributed by atoms with Crippen LogP contribution >= 0.6 is 0 Å². The molecule has 1 aliphatic rings. The van der Waals surface area contributed by atoms with E-state index in [1.54, 1.807) is 7.11 Å². The molecule has 0 aliphatic heterocycles. The molecule has 0 radical (unpaired) electrons. The number of nitrogens with one attached hydrogen (secondary N) is 1. The maximum atomic E-state index is 13.1. The topological polar surface area (TPSA) is 21.3 Å². The minimum absolute atomic E-state index is 0.0719. The molecule has 1 saturated carbocycles. The van der Waals surface area contributed by atoms with Gasteiger partial charge in [-0.15, -0.1) is 0 Å². The molecule has 17 heavy (non-hydrogen) atoms. The Morgan fingerprint density at radius 1 is 1.47 bits per heavy atom. The van der Waals surface area contributed by atoms with E-state index in [9.17, 15) is 8.78 Å². The third-order valence-corrected chi connectivity index (χ3v) is 3.48. The molecule has 102 valence electrons. The average Bonchev–Trinajstić information content (AvgIpc) is 2.62. The van der Waals surface area contributed by atoms with Gasteiger partial charge in [-0.25, -0.2) is 8.78 Å². The first-order chi connectivity index (χ1) is 8.07. The number of halogens is 2. The van der Waals surface area contributed by atoms with E-state index in [1.807, 2.05) is 0 Å². The van der Waals surface area contributed by atoms with Crippen molar-refractivity contribution in [2.75, 3.05) is 20.3 Å². The molecule has 1 aliphatic carbocycles. The van der Waals surface area contributed by atoms with Crippen LogP contribution in [-0.2, 0) is 4.74 Å². The molecular weight excluding hydrogens is 224 g/mol. The lowest BCUT2D eigenvalue weighted by atomic mass is 9.96. The summed E-state index contributed by atoms with van der Waals surface area (Å²) in [6.07, 6.45) is 3.67. The van der Waals surface area contributed by atoms with Gasteiger partial charge in [0.05, 0.1) is 0 Å². The first kappa shape index (κ1) is 14.8. The smallest absolute Gasteiger partial charge is 0.248 e. The summed E-state index contributed by atoms with van der Waals surface area (Å²) in [5.74, 6) is -2.24. The van der Waals surface area contributed by atoms with Crippen LogP contribution in [0.25, 0.3) is 0 Å². The Morgan fingerprint density at radius 2 is 2.24 bits per heavy atom. The highest BCUT2D eigenvalue weighted by Crippen LogP contribution is 2.40. The number of ether oxygens (including phenoxy) is 1. The van der Waals surface area contributed by atoms with Gasteiger partial charge in [0.25, 0.3) is 0 Å². The number of alkyl halides is 2. The Bertz CT molecular complexity index is 204. The monoisotopic (exact) mass is 249 g/mol. The Labute approximate surface area is 103 Å². The van der Waals surface area contributed by atoms with Crippen LogP contribution in [0.2, 0.25) is 0 Å². The summed E-state index contributed by atoms with van der Waals surface area (Å²) in [6, 6.07) is 0.328. The number of rotatable bonds is 8. The molecular formula is C13H25F2NO. The summed E-state index contributed by atoms with van der Waals surface area (Å²) in [5.41, 5.74) is 0. The normalized spacial score (nSPS) is 25.1. The highest BCUT2D eigenvalue weighted by Gasteiger charge is 2.39. The van der Waals surface area contributed by atoms with Crippen LogP contribution in [0.3, 0.4) is 0 Å². The molecule has 0 aromatic carbocycles. The zero-order chi connectivity index (χ0) is 12.7. The van der Waals surface area contributed by atoms with Crippen molar-refractivity contribution in [1.29, 1.82) is 0 Å². The maximum Gasteiger partial charge on any atom is 0.248 e. The zero-order valence-corrected chi connectivity index (χ0v) is 11.0. The van der Waals surface area contributed by atoms with E-state index in [0.717, 1.165) is 25.8 Å². The minimum Gasteiger partial charge on any atom is -0.385 e. The van der Waals surface area contributed by atoms with Gasteiger partial charge in [-0.3, -0.25) is 0 Å². The van der Waals surface area contributed by atoms with Gasteiger partial charge in [0.1, 0.15) is 0 Å². The lowest BCUT2D eigenvalue weighted by Crippen LogP contribution is -2.32. The SMILES string of the molecule is CCCNC(CCOC)CC1CCC(F)(F)C1. The van der Waals surface area contributed by atoms with E-state index in [2.05, 4.69) is 12.2 Å². The van der Waals surface area contributed by atoms with Gasteiger partial charge in [0.15, 0.2) is 0 Å². The fourth-order valence-corrected chi connectivity index (χ4v) is 2.56. The van der Waals surface area contributed by atoms with Gasteiger partial charge in [-0.05, 0) is 38.1 Å². The molecule has 1 rings (SSSR count). The van der Waals surface area contributed by atoms with Crippen molar-refractivity contribution >= 4 is 0 Å². The summed E-state index contributed by atoms with van der Waals surface area (Å²) in [5, 5.41) is 3.43. The van der Waals surface area contributed by atoms with Crippen molar-refractivity contribution in [2.24, 2.45) is 5.92 Å². The lowest BCUT2D eigenvalue weighted by Gasteiger charge is -2.21. The van der Waals surface area contributed by atoms with Crippen molar-refractivity contribution in [1.82, 2.24) is 5.32 Å². The van der Waals surface area contributed by atoms with Gasteiger partial charge in [-0.2, -0.15) is 0 Å². The van der Waals surface area contributed by atoms with E-state index in [4.69, 9.17) is 4.74 Å². The summed E-state index contributed by atoms with van der Waals surface area (Å²) >= 11 is 0. The van der Waals surface area contributed by atoms with Crippen LogP contribution in [0.1, 0.15) is 45.4 Å². The molecule has 1 N–H and O–H groups in total. The Hall–Kier alpha value is -0.220. The largest absolute Gasteiger partial charge is 0.385 e. The molecule has 0 heterocycles. The summed E-state index contributed by atoms with van der Waals surface area (Å²) in [4.78, 5) is 0. The summed E-state index contributed by atoms with van der Waals surface area (Å²) in [7, 11) is 1.68. The van der Waals surface area contributed by atoms with Crippen molar-refractivity contribution in [3.8, 4) is 0 Å². The molecule has 0 amide bonds. The molecule has 0 spiro atoms. The first-order valence-corrected chi connectivity index (χ1v) is 6.67. The van der Waals surface area contributed by atoms with E-state index < -0.39 is 5.92 Å². The second-order valence-electron chi connectivity index (χ2n) is 5.13. The van der Waals surface area contributed by atoms with Gasteiger partial charge in [0.2, 0.25) is 5.92 Å². The van der Waals surface area contributed by atoms with Crippen LogP contribution in [-0.4, -0.2) is 32.2 Å². The molecule has 0 saturated heterocycles. The quantitative estimate of drug-likeness (QED) is 0.713. The number of methoxy groups -OCH3 is 1. The zero-order valence-electron chi connectivity index (χ0n) is 11.0. The molecule has 2 unspecified atom stereocenters. The second kappa shape index (κ2) is 7.27. The van der Waals surface area contributed by atoms with Crippen LogP contribution in [0, 0.1) is 5.92 Å². The van der Waals surface area contributed by atoms with Gasteiger partial charge >= 0.3 is 0 Å². The molecule has 2 atom stereocenters. The Morgan fingerprint density at radius 3 is 2.76 bits per heavy atom. The second-order valence-corrected chi connectivity index (χ2v) is 5.13. The predicted molar refractivity (Wildman–Crippen MR) is 65.5 cm³/mol. The van der Waals surface area contributed by atoms with E-state index in [-0.39, 0.29) is 18.8 Å². The number of hydrogen-bond acceptors (Lipinski definition) is 2. The van der Waals surface area contributed by atoms with E-state index in [0.29, 0.717) is 19.1 Å². The third-order valence-electron chi connectivity index (χ3n) is 3.48. The third kappa shape index (κ3) is 5.77. The summed E-state index contributed by atoms with van der Waals surface area (Å²) in [6.45, 7) is 3.77. The van der Waals surface area contributed by atoms with Crippen LogP contribution in [0.5, 0.6) is 0 Å². The molecule has 0 aromatic heterocycles. The van der Waals surface area contributed by atoms with E-state index >= 15 is 0 Å². The maximum absolute atomic E-state index is 13.1. The molecule has 0 aromatic rings. The van der Waals surface area contributed by atoms with Crippen LogP contribution in [0.15, 0.2) is 0 Å². The lowest BCUT2D eigenvalue weighted by molar-refractivity contribution is 0.00419. The first-order valence-electron chi connectivity index (χ1n) is 6.67. The predicted octanol–water partition coefficient (Wildman–Crippen LogP) is 3.22. The molecule has 0 bridgehead atoms. The average molecular weight is 249 g/mol. The standard InChI is InChI=1S/C13H25F2NO/c1-3-7-16-12(5-8-17-2)9-11-4-6-13(14,15)10-11/h11-12,16H,3-10H2,1-2H3. The van der Waals surface area contributed by atoms with Gasteiger partial charge in [0, 0.05) is 32.6 Å². The van der Waals surface area contributed by atoms with Crippen LogP contribution in [0.4, 0.5) is 8.78 Å². The van der Waals surface area contributed by atoms with Crippen molar-refractivity contribution in [3.05, 3.63) is 0 Å². The Kier molecular flexibility index (Phi) is 6.34. The highest BCUT2D eigenvalue weighted by molar-refractivity contribution is 4.84. The summed E-state index contributed by atoms with van der Waals surface area (Å²) < 4.78 is 31.3. The van der Waals surface area contributed by atoms with Gasteiger partial charge < -0.3 is 10.1 Å². The van der Waals surface area contributed by atoms with Crippen molar-refractivity contribution in [2.45, 2.75) is 57.4 Å². The van der Waals surface area contributed by atoms with Crippen molar-refractivity contribution in [3.63, 3.8) is 0 Å². The minimum atomic E-state index is -2.42. The van der Waals surface area contributed by atoms with Crippen LogP contribution < -0.4 is 5.32 Å². The van der Waals surface area contributed by atoms with E-state index in [1.165, 1.54) is 0 Å². The molecule has 2 nitrogen and oxygen atoms in total. The Balaban J connectivity index is 2.31. The number of hydrogen-bond donors (Lipinski definition) is 1. The molecule has 1 fully saturated rings.